The summed E-state index contributed by atoms with van der Waals surface area (Å²) in [4.78, 5) is 0. The van der Waals surface area contributed by atoms with Crippen LogP contribution in [0.5, 0.6) is 0 Å². The quantitative estimate of drug-likeness (QED) is 0.831. The van der Waals surface area contributed by atoms with Crippen molar-refractivity contribution in [2.75, 3.05) is 0 Å². The molecule has 0 fully saturated rings. The molecule has 0 radical (unpaired) electrons. The molecule has 0 spiro atoms. The number of nitrogens with zero attached hydrogens (tertiary/aromatic N) is 1. The van der Waals surface area contributed by atoms with Crippen molar-refractivity contribution in [2.24, 2.45) is 5.41 Å². The molecule has 1 aromatic carbocycles. The zero-order chi connectivity index (χ0) is 13.6. The molecular weight excluding hydrogens is 241 g/mol. The maximum atomic E-state index is 13.0. The van der Waals surface area contributed by atoms with E-state index in [0.29, 0.717) is 0 Å². The first-order valence-corrected chi connectivity index (χ1v) is 6.60. The lowest BCUT2D eigenvalue weighted by Crippen LogP contribution is -2.26. The van der Waals surface area contributed by atoms with Crippen molar-refractivity contribution in [3.05, 3.63) is 53.6 Å². The van der Waals surface area contributed by atoms with Crippen molar-refractivity contribution in [1.29, 1.82) is 0 Å². The van der Waals surface area contributed by atoms with Gasteiger partial charge in [-0.3, -0.25) is 0 Å². The SMILES string of the molecule is CC1(C)Cc2c(ccn2-c2ccc(F)cc2)C(O)C1. The Morgan fingerprint density at radius 3 is 2.58 bits per heavy atom. The summed E-state index contributed by atoms with van der Waals surface area (Å²) in [6.45, 7) is 4.34. The van der Waals surface area contributed by atoms with Gasteiger partial charge in [-0.05, 0) is 48.6 Å². The molecule has 0 aliphatic heterocycles. The summed E-state index contributed by atoms with van der Waals surface area (Å²) in [6, 6.07) is 8.43. The van der Waals surface area contributed by atoms with E-state index in [2.05, 4.69) is 18.4 Å². The third kappa shape index (κ3) is 2.19. The Hall–Kier alpha value is -1.61. The summed E-state index contributed by atoms with van der Waals surface area (Å²) in [5.74, 6) is -0.231. The van der Waals surface area contributed by atoms with E-state index in [1.807, 2.05) is 12.3 Å². The number of hydrogen-bond donors (Lipinski definition) is 1. The predicted molar refractivity (Wildman–Crippen MR) is 72.8 cm³/mol. The molecule has 1 aromatic heterocycles. The predicted octanol–water partition coefficient (Wildman–Crippen LogP) is 3.62. The van der Waals surface area contributed by atoms with Gasteiger partial charge in [0.05, 0.1) is 6.10 Å². The number of halogens is 1. The normalized spacial score (nSPS) is 21.2. The summed E-state index contributed by atoms with van der Waals surface area (Å²) in [5, 5.41) is 10.2. The third-order valence-electron chi connectivity index (χ3n) is 3.88. The smallest absolute Gasteiger partial charge is 0.123 e. The van der Waals surface area contributed by atoms with E-state index >= 15 is 0 Å². The number of benzene rings is 1. The van der Waals surface area contributed by atoms with Gasteiger partial charge < -0.3 is 9.67 Å². The highest BCUT2D eigenvalue weighted by molar-refractivity contribution is 5.40. The van der Waals surface area contributed by atoms with Crippen LogP contribution in [0.25, 0.3) is 5.69 Å². The Morgan fingerprint density at radius 2 is 1.89 bits per heavy atom. The van der Waals surface area contributed by atoms with Crippen LogP contribution in [0.2, 0.25) is 0 Å². The van der Waals surface area contributed by atoms with Crippen LogP contribution in [0.4, 0.5) is 4.39 Å². The highest BCUT2D eigenvalue weighted by atomic mass is 19.1. The van der Waals surface area contributed by atoms with E-state index in [1.165, 1.54) is 12.1 Å². The molecule has 0 bridgehead atoms. The highest BCUT2D eigenvalue weighted by Gasteiger charge is 2.33. The van der Waals surface area contributed by atoms with Gasteiger partial charge in [0, 0.05) is 23.1 Å². The summed E-state index contributed by atoms with van der Waals surface area (Å²) in [5.41, 5.74) is 3.16. The third-order valence-corrected chi connectivity index (χ3v) is 3.88. The molecule has 0 saturated heterocycles. The topological polar surface area (TPSA) is 25.2 Å². The Morgan fingerprint density at radius 1 is 1.21 bits per heavy atom. The first kappa shape index (κ1) is 12.4. The van der Waals surface area contributed by atoms with Crippen LogP contribution >= 0.6 is 0 Å². The fourth-order valence-electron chi connectivity index (χ4n) is 2.97. The van der Waals surface area contributed by atoms with Crippen molar-refractivity contribution in [3.63, 3.8) is 0 Å². The van der Waals surface area contributed by atoms with Crippen molar-refractivity contribution < 1.29 is 9.50 Å². The molecule has 1 aliphatic carbocycles. The van der Waals surface area contributed by atoms with E-state index in [1.54, 1.807) is 12.1 Å². The average Bonchev–Trinajstić information content (AvgIpc) is 2.72. The number of rotatable bonds is 1. The van der Waals surface area contributed by atoms with Crippen molar-refractivity contribution in [3.8, 4) is 5.69 Å². The van der Waals surface area contributed by atoms with Gasteiger partial charge in [-0.2, -0.15) is 0 Å². The number of fused-ring (bicyclic) bond motifs is 1. The second kappa shape index (κ2) is 4.20. The lowest BCUT2D eigenvalue weighted by Gasteiger charge is -2.33. The maximum absolute atomic E-state index is 13.0. The summed E-state index contributed by atoms with van der Waals surface area (Å²) < 4.78 is 15.1. The Balaban J connectivity index is 2.08. The van der Waals surface area contributed by atoms with E-state index in [9.17, 15) is 9.50 Å². The van der Waals surface area contributed by atoms with Crippen LogP contribution < -0.4 is 0 Å². The van der Waals surface area contributed by atoms with E-state index in [4.69, 9.17) is 0 Å². The minimum atomic E-state index is -0.402. The molecule has 1 unspecified atom stereocenters. The molecule has 3 heteroatoms. The van der Waals surface area contributed by atoms with E-state index in [0.717, 1.165) is 29.8 Å². The van der Waals surface area contributed by atoms with Crippen molar-refractivity contribution >= 4 is 0 Å². The molecule has 1 N–H and O–H groups in total. The summed E-state index contributed by atoms with van der Waals surface area (Å²) in [7, 11) is 0. The van der Waals surface area contributed by atoms with Gasteiger partial charge in [0.25, 0.3) is 0 Å². The molecule has 19 heavy (non-hydrogen) atoms. The van der Waals surface area contributed by atoms with Gasteiger partial charge in [-0.1, -0.05) is 13.8 Å². The lowest BCUT2D eigenvalue weighted by atomic mass is 9.75. The molecule has 3 rings (SSSR count). The zero-order valence-corrected chi connectivity index (χ0v) is 11.2. The largest absolute Gasteiger partial charge is 0.388 e. The minimum Gasteiger partial charge on any atom is -0.388 e. The standard InChI is InChI=1S/C16H18FNO/c1-16(2)9-14-13(15(19)10-16)7-8-18(14)12-5-3-11(17)4-6-12/h3-8,15,19H,9-10H2,1-2H3. The fourth-order valence-corrected chi connectivity index (χ4v) is 2.97. The zero-order valence-electron chi connectivity index (χ0n) is 11.2. The van der Waals surface area contributed by atoms with Crippen LogP contribution in [0.1, 0.15) is 37.6 Å². The van der Waals surface area contributed by atoms with Crippen LogP contribution in [-0.2, 0) is 6.42 Å². The van der Waals surface area contributed by atoms with Gasteiger partial charge in [0.2, 0.25) is 0 Å². The van der Waals surface area contributed by atoms with Gasteiger partial charge >= 0.3 is 0 Å². The summed E-state index contributed by atoms with van der Waals surface area (Å²) in [6.07, 6.45) is 3.26. The molecule has 1 heterocycles. The first-order chi connectivity index (χ1) is 8.96. The molecule has 0 amide bonds. The second-order valence-corrected chi connectivity index (χ2v) is 6.13. The molecular formula is C16H18FNO. The van der Waals surface area contributed by atoms with Gasteiger partial charge in [-0.25, -0.2) is 4.39 Å². The first-order valence-electron chi connectivity index (χ1n) is 6.60. The van der Waals surface area contributed by atoms with Crippen LogP contribution in [0.3, 0.4) is 0 Å². The van der Waals surface area contributed by atoms with Crippen LogP contribution in [0.15, 0.2) is 36.5 Å². The van der Waals surface area contributed by atoms with Crippen molar-refractivity contribution in [2.45, 2.75) is 32.8 Å². The Labute approximate surface area is 112 Å². The van der Waals surface area contributed by atoms with Crippen LogP contribution in [-0.4, -0.2) is 9.67 Å². The molecule has 1 aliphatic rings. The average molecular weight is 259 g/mol. The monoisotopic (exact) mass is 259 g/mol. The summed E-state index contributed by atoms with van der Waals surface area (Å²) >= 11 is 0. The number of aliphatic hydroxyl groups is 1. The lowest BCUT2D eigenvalue weighted by molar-refractivity contribution is 0.0987. The fraction of sp³-hybridized carbons (Fsp3) is 0.375. The Bertz CT molecular complexity index is 598. The molecule has 2 nitrogen and oxygen atoms in total. The molecule has 100 valence electrons. The molecule has 1 atom stereocenters. The highest BCUT2D eigenvalue weighted by Crippen LogP contribution is 2.41. The Kier molecular flexibility index (Phi) is 2.75. The minimum absolute atomic E-state index is 0.0859. The number of hydrogen-bond acceptors (Lipinski definition) is 1. The van der Waals surface area contributed by atoms with Gasteiger partial charge in [-0.15, -0.1) is 0 Å². The maximum Gasteiger partial charge on any atom is 0.123 e. The second-order valence-electron chi connectivity index (χ2n) is 6.13. The van der Waals surface area contributed by atoms with Crippen molar-refractivity contribution in [1.82, 2.24) is 4.57 Å². The molecule has 2 aromatic rings. The van der Waals surface area contributed by atoms with E-state index < -0.39 is 6.10 Å². The van der Waals surface area contributed by atoms with E-state index in [-0.39, 0.29) is 11.2 Å². The van der Waals surface area contributed by atoms with Crippen LogP contribution in [0, 0.1) is 11.2 Å². The van der Waals surface area contributed by atoms with Gasteiger partial charge in [0.15, 0.2) is 0 Å². The number of aliphatic hydroxyl groups excluding tert-OH is 1. The van der Waals surface area contributed by atoms with Gasteiger partial charge in [0.1, 0.15) is 5.82 Å². The number of aromatic nitrogens is 1. The molecule has 0 saturated carbocycles.